The summed E-state index contributed by atoms with van der Waals surface area (Å²) in [6.45, 7) is 6.53. The van der Waals surface area contributed by atoms with Gasteiger partial charge in [-0.25, -0.2) is 0 Å². The van der Waals surface area contributed by atoms with E-state index in [0.717, 1.165) is 17.9 Å². The molecule has 1 heteroatoms. The summed E-state index contributed by atoms with van der Waals surface area (Å²) in [4.78, 5) is 0. The maximum atomic E-state index is 6.17. The number of benzene rings is 2. The SMILES string of the molecule is Cc1oc(CC(C)C)c(-c2ccccc2)c1-c1ccccc1. The van der Waals surface area contributed by atoms with Crippen LogP contribution in [-0.2, 0) is 6.42 Å². The van der Waals surface area contributed by atoms with E-state index in [1.54, 1.807) is 0 Å². The summed E-state index contributed by atoms with van der Waals surface area (Å²) < 4.78 is 6.17. The molecular formula is C21H22O. The Morgan fingerprint density at radius 2 is 1.27 bits per heavy atom. The number of rotatable bonds is 4. The minimum Gasteiger partial charge on any atom is -0.465 e. The second-order valence-electron chi connectivity index (χ2n) is 6.16. The summed E-state index contributed by atoms with van der Waals surface area (Å²) in [5.41, 5.74) is 4.92. The van der Waals surface area contributed by atoms with Crippen molar-refractivity contribution >= 4 is 0 Å². The highest BCUT2D eigenvalue weighted by Gasteiger charge is 2.20. The first-order chi connectivity index (χ1) is 10.7. The van der Waals surface area contributed by atoms with Crippen LogP contribution in [0.2, 0.25) is 0 Å². The third-order valence-electron chi connectivity index (χ3n) is 3.88. The van der Waals surface area contributed by atoms with Gasteiger partial charge in [-0.2, -0.15) is 0 Å². The van der Waals surface area contributed by atoms with Gasteiger partial charge < -0.3 is 4.42 Å². The predicted octanol–water partition coefficient (Wildman–Crippen LogP) is 6.12. The van der Waals surface area contributed by atoms with Gasteiger partial charge in [0.2, 0.25) is 0 Å². The molecule has 0 aliphatic heterocycles. The van der Waals surface area contributed by atoms with Gasteiger partial charge in [0.15, 0.2) is 0 Å². The highest BCUT2D eigenvalue weighted by atomic mass is 16.3. The standard InChI is InChI=1S/C21H22O/c1-15(2)14-19-21(18-12-8-5-9-13-18)20(16(3)22-19)17-10-6-4-7-11-17/h4-13,15H,14H2,1-3H3. The maximum Gasteiger partial charge on any atom is 0.112 e. The minimum atomic E-state index is 0.566. The summed E-state index contributed by atoms with van der Waals surface area (Å²) in [5.74, 6) is 2.66. The lowest BCUT2D eigenvalue weighted by molar-refractivity contribution is 0.455. The third-order valence-corrected chi connectivity index (χ3v) is 3.88. The van der Waals surface area contributed by atoms with Crippen molar-refractivity contribution in [3.63, 3.8) is 0 Å². The summed E-state index contributed by atoms with van der Waals surface area (Å²) in [5, 5.41) is 0. The monoisotopic (exact) mass is 290 g/mol. The fourth-order valence-corrected chi connectivity index (χ4v) is 2.98. The van der Waals surface area contributed by atoms with E-state index in [0.29, 0.717) is 5.92 Å². The average Bonchev–Trinajstić information content (AvgIpc) is 2.84. The number of hydrogen-bond donors (Lipinski definition) is 0. The second-order valence-corrected chi connectivity index (χ2v) is 6.16. The molecule has 0 spiro atoms. The summed E-state index contributed by atoms with van der Waals surface area (Å²) in [6, 6.07) is 21.1. The average molecular weight is 290 g/mol. The van der Waals surface area contributed by atoms with Crippen molar-refractivity contribution in [3.8, 4) is 22.3 Å². The van der Waals surface area contributed by atoms with E-state index in [9.17, 15) is 0 Å². The molecule has 1 heterocycles. The van der Waals surface area contributed by atoms with Crippen LogP contribution in [0.1, 0.15) is 25.4 Å². The Morgan fingerprint density at radius 3 is 1.77 bits per heavy atom. The summed E-state index contributed by atoms with van der Waals surface area (Å²) >= 11 is 0. The van der Waals surface area contributed by atoms with Crippen molar-refractivity contribution in [2.24, 2.45) is 5.92 Å². The topological polar surface area (TPSA) is 13.1 Å². The molecule has 1 nitrogen and oxygen atoms in total. The van der Waals surface area contributed by atoms with Crippen LogP contribution in [0.15, 0.2) is 65.1 Å². The smallest absolute Gasteiger partial charge is 0.112 e. The third kappa shape index (κ3) is 2.85. The van der Waals surface area contributed by atoms with Crippen molar-refractivity contribution in [2.75, 3.05) is 0 Å². The van der Waals surface area contributed by atoms with Crippen LogP contribution in [0.5, 0.6) is 0 Å². The molecule has 2 aromatic carbocycles. The highest BCUT2D eigenvalue weighted by Crippen LogP contribution is 2.40. The molecule has 1 aromatic heterocycles. The summed E-state index contributed by atoms with van der Waals surface area (Å²) in [6.07, 6.45) is 0.956. The molecule has 0 saturated heterocycles. The first-order valence-corrected chi connectivity index (χ1v) is 7.90. The fraction of sp³-hybridized carbons (Fsp3) is 0.238. The van der Waals surface area contributed by atoms with E-state index in [-0.39, 0.29) is 0 Å². The zero-order valence-corrected chi connectivity index (χ0v) is 13.5. The lowest BCUT2D eigenvalue weighted by Gasteiger charge is -2.08. The lowest BCUT2D eigenvalue weighted by Crippen LogP contribution is -1.94. The number of hydrogen-bond acceptors (Lipinski definition) is 1. The Hall–Kier alpha value is -2.28. The van der Waals surface area contributed by atoms with Crippen LogP contribution in [0.4, 0.5) is 0 Å². The Bertz CT molecular complexity index is 736. The number of furan rings is 1. The van der Waals surface area contributed by atoms with Crippen molar-refractivity contribution in [2.45, 2.75) is 27.2 Å². The van der Waals surface area contributed by atoms with Crippen LogP contribution in [0.25, 0.3) is 22.3 Å². The van der Waals surface area contributed by atoms with E-state index >= 15 is 0 Å². The molecule has 0 amide bonds. The zero-order chi connectivity index (χ0) is 15.5. The Morgan fingerprint density at radius 1 is 0.773 bits per heavy atom. The van der Waals surface area contributed by atoms with Gasteiger partial charge in [0.1, 0.15) is 11.5 Å². The summed E-state index contributed by atoms with van der Waals surface area (Å²) in [7, 11) is 0. The largest absolute Gasteiger partial charge is 0.465 e. The van der Waals surface area contributed by atoms with E-state index in [2.05, 4.69) is 81.4 Å². The molecule has 0 N–H and O–H groups in total. The molecule has 22 heavy (non-hydrogen) atoms. The maximum absolute atomic E-state index is 6.17. The quantitative estimate of drug-likeness (QED) is 0.564. The molecule has 0 fully saturated rings. The van der Waals surface area contributed by atoms with Crippen molar-refractivity contribution in [1.82, 2.24) is 0 Å². The Labute approximate surface area is 132 Å². The van der Waals surface area contributed by atoms with E-state index in [4.69, 9.17) is 4.42 Å². The van der Waals surface area contributed by atoms with Crippen molar-refractivity contribution in [1.29, 1.82) is 0 Å². The van der Waals surface area contributed by atoms with Crippen LogP contribution in [0, 0.1) is 12.8 Å². The van der Waals surface area contributed by atoms with E-state index in [1.807, 2.05) is 0 Å². The van der Waals surface area contributed by atoms with Crippen LogP contribution in [0.3, 0.4) is 0 Å². The van der Waals surface area contributed by atoms with Gasteiger partial charge in [0.05, 0.1) is 0 Å². The number of aryl methyl sites for hydroxylation is 1. The van der Waals surface area contributed by atoms with E-state index in [1.165, 1.54) is 22.3 Å². The molecule has 3 aromatic rings. The first kappa shape index (κ1) is 14.6. The van der Waals surface area contributed by atoms with Gasteiger partial charge in [-0.3, -0.25) is 0 Å². The highest BCUT2D eigenvalue weighted by molar-refractivity contribution is 5.86. The normalized spacial score (nSPS) is 11.1. The Kier molecular flexibility index (Phi) is 4.15. The molecule has 0 bridgehead atoms. The van der Waals surface area contributed by atoms with Crippen molar-refractivity contribution < 1.29 is 4.42 Å². The van der Waals surface area contributed by atoms with Crippen LogP contribution >= 0.6 is 0 Å². The molecular weight excluding hydrogens is 268 g/mol. The molecule has 0 unspecified atom stereocenters. The molecule has 0 saturated carbocycles. The van der Waals surface area contributed by atoms with Gasteiger partial charge in [-0.15, -0.1) is 0 Å². The van der Waals surface area contributed by atoms with Crippen LogP contribution < -0.4 is 0 Å². The molecule has 0 atom stereocenters. The molecule has 3 rings (SSSR count). The zero-order valence-electron chi connectivity index (χ0n) is 13.5. The van der Waals surface area contributed by atoms with Gasteiger partial charge in [-0.05, 0) is 24.0 Å². The van der Waals surface area contributed by atoms with Gasteiger partial charge >= 0.3 is 0 Å². The van der Waals surface area contributed by atoms with Crippen molar-refractivity contribution in [3.05, 3.63) is 72.2 Å². The minimum absolute atomic E-state index is 0.566. The predicted molar refractivity (Wildman–Crippen MR) is 92.9 cm³/mol. The van der Waals surface area contributed by atoms with Crippen LogP contribution in [-0.4, -0.2) is 0 Å². The molecule has 0 aliphatic carbocycles. The van der Waals surface area contributed by atoms with E-state index < -0.39 is 0 Å². The van der Waals surface area contributed by atoms with Gasteiger partial charge in [-0.1, -0.05) is 74.5 Å². The Balaban J connectivity index is 2.23. The second kappa shape index (κ2) is 6.23. The van der Waals surface area contributed by atoms with Gasteiger partial charge in [0, 0.05) is 17.5 Å². The molecule has 0 aliphatic rings. The first-order valence-electron chi connectivity index (χ1n) is 7.90. The fourth-order valence-electron chi connectivity index (χ4n) is 2.98. The van der Waals surface area contributed by atoms with Gasteiger partial charge in [0.25, 0.3) is 0 Å². The molecule has 0 radical (unpaired) electrons. The lowest BCUT2D eigenvalue weighted by atomic mass is 9.93. The molecule has 112 valence electrons.